The lowest BCUT2D eigenvalue weighted by molar-refractivity contribution is 0.273. The largest absolute Gasteiger partial charge is 0.353 e. The van der Waals surface area contributed by atoms with Gasteiger partial charge in [0.2, 0.25) is 0 Å². The second-order valence-electron chi connectivity index (χ2n) is 6.67. The van der Waals surface area contributed by atoms with Crippen LogP contribution in [0, 0.1) is 12.8 Å². The quantitative estimate of drug-likeness (QED) is 0.454. The van der Waals surface area contributed by atoms with Gasteiger partial charge in [0.25, 0.3) is 0 Å². The number of hydrogen-bond donors (Lipinski definition) is 1. The van der Waals surface area contributed by atoms with E-state index in [-0.39, 0.29) is 24.0 Å². The Hall–Kier alpha value is -0.780. The highest BCUT2D eigenvalue weighted by Crippen LogP contribution is 2.42. The average Bonchev–Trinajstić information content (AvgIpc) is 3.25. The van der Waals surface area contributed by atoms with E-state index >= 15 is 0 Å². The minimum atomic E-state index is 0. The summed E-state index contributed by atoms with van der Waals surface area (Å²) >= 11 is 0. The topological polar surface area (TPSA) is 27.6 Å². The van der Waals surface area contributed by atoms with Crippen molar-refractivity contribution in [3.05, 3.63) is 35.4 Å². The van der Waals surface area contributed by atoms with Crippen molar-refractivity contribution in [1.29, 1.82) is 0 Å². The number of nitrogens with zero attached hydrogens (tertiary/aromatic N) is 2. The molecule has 2 unspecified atom stereocenters. The van der Waals surface area contributed by atoms with Crippen LogP contribution in [0.1, 0.15) is 43.2 Å². The van der Waals surface area contributed by atoms with E-state index in [1.807, 2.05) is 7.05 Å². The molecule has 3 rings (SSSR count). The van der Waals surface area contributed by atoms with Crippen LogP contribution in [0.4, 0.5) is 0 Å². The Bertz CT molecular complexity index is 521. The summed E-state index contributed by atoms with van der Waals surface area (Å²) in [6.07, 6.45) is 3.80. The maximum absolute atomic E-state index is 4.50. The second-order valence-corrected chi connectivity index (χ2v) is 6.67. The minimum Gasteiger partial charge on any atom is -0.353 e. The molecule has 1 N–H and O–H groups in total. The summed E-state index contributed by atoms with van der Waals surface area (Å²) in [4.78, 5) is 6.92. The van der Waals surface area contributed by atoms with Crippen molar-refractivity contribution in [2.24, 2.45) is 10.9 Å². The van der Waals surface area contributed by atoms with Gasteiger partial charge < -0.3 is 10.2 Å². The first-order chi connectivity index (χ1) is 10.2. The first kappa shape index (κ1) is 17.6. The standard InChI is InChI=1S/C18H27N3.HI/c1-13-8-10-21(11-9-13)18(19-3)20-17-12-16(17)15-7-5-4-6-14(15)2;/h4-7,13,16-17H,8-12H2,1-3H3,(H,19,20);1H. The number of rotatable bonds is 2. The number of nitrogens with one attached hydrogen (secondary N) is 1. The second kappa shape index (κ2) is 7.66. The van der Waals surface area contributed by atoms with Gasteiger partial charge in [-0.2, -0.15) is 0 Å². The molecule has 0 bridgehead atoms. The van der Waals surface area contributed by atoms with E-state index in [0.717, 1.165) is 25.0 Å². The molecule has 1 aromatic rings. The third-order valence-corrected chi connectivity index (χ3v) is 4.99. The van der Waals surface area contributed by atoms with Gasteiger partial charge in [-0.15, -0.1) is 24.0 Å². The lowest BCUT2D eigenvalue weighted by Gasteiger charge is -2.33. The van der Waals surface area contributed by atoms with E-state index in [2.05, 4.69) is 53.3 Å². The van der Waals surface area contributed by atoms with Gasteiger partial charge in [0.1, 0.15) is 0 Å². The maximum Gasteiger partial charge on any atom is 0.193 e. The third-order valence-electron chi connectivity index (χ3n) is 4.99. The number of halogens is 1. The van der Waals surface area contributed by atoms with Crippen LogP contribution in [0.3, 0.4) is 0 Å². The van der Waals surface area contributed by atoms with Crippen molar-refractivity contribution in [1.82, 2.24) is 10.2 Å². The van der Waals surface area contributed by atoms with Crippen LogP contribution in [0.5, 0.6) is 0 Å². The molecular weight excluding hydrogens is 385 g/mol. The lowest BCUT2D eigenvalue weighted by atomic mass is 9.99. The maximum atomic E-state index is 4.50. The molecule has 0 amide bonds. The Balaban J connectivity index is 0.00000176. The van der Waals surface area contributed by atoms with E-state index in [9.17, 15) is 0 Å². The Labute approximate surface area is 151 Å². The van der Waals surface area contributed by atoms with Crippen LogP contribution < -0.4 is 5.32 Å². The Kier molecular flexibility index (Phi) is 6.12. The first-order valence-corrected chi connectivity index (χ1v) is 8.23. The summed E-state index contributed by atoms with van der Waals surface area (Å²) in [7, 11) is 1.91. The van der Waals surface area contributed by atoms with Crippen molar-refractivity contribution in [3.63, 3.8) is 0 Å². The monoisotopic (exact) mass is 413 g/mol. The summed E-state index contributed by atoms with van der Waals surface area (Å²) in [5.41, 5.74) is 2.91. The van der Waals surface area contributed by atoms with E-state index in [1.54, 1.807) is 0 Å². The van der Waals surface area contributed by atoms with E-state index in [4.69, 9.17) is 0 Å². The SMILES string of the molecule is CN=C(NC1CC1c1ccccc1C)N1CCC(C)CC1.I. The molecule has 1 aliphatic carbocycles. The first-order valence-electron chi connectivity index (χ1n) is 8.23. The molecule has 1 heterocycles. The number of aryl methyl sites for hydroxylation is 1. The fourth-order valence-electron chi connectivity index (χ4n) is 3.38. The van der Waals surface area contributed by atoms with Crippen LogP contribution in [0.25, 0.3) is 0 Å². The zero-order valence-corrected chi connectivity index (χ0v) is 16.2. The molecule has 22 heavy (non-hydrogen) atoms. The molecule has 2 atom stereocenters. The molecule has 2 aliphatic rings. The molecule has 1 saturated heterocycles. The van der Waals surface area contributed by atoms with Gasteiger partial charge in [-0.05, 0) is 43.2 Å². The number of hydrogen-bond acceptors (Lipinski definition) is 1. The number of piperidine rings is 1. The number of aliphatic imine (C=N–C) groups is 1. The van der Waals surface area contributed by atoms with Crippen molar-refractivity contribution in [3.8, 4) is 0 Å². The van der Waals surface area contributed by atoms with E-state index in [1.165, 1.54) is 30.4 Å². The van der Waals surface area contributed by atoms with Crippen LogP contribution in [-0.4, -0.2) is 37.0 Å². The Morgan fingerprint density at radius 1 is 1.23 bits per heavy atom. The zero-order valence-electron chi connectivity index (χ0n) is 13.9. The van der Waals surface area contributed by atoms with Gasteiger partial charge in [0.05, 0.1) is 0 Å². The van der Waals surface area contributed by atoms with Gasteiger partial charge in [0.15, 0.2) is 5.96 Å². The highest BCUT2D eigenvalue weighted by atomic mass is 127. The minimum absolute atomic E-state index is 0. The lowest BCUT2D eigenvalue weighted by Crippen LogP contribution is -2.46. The van der Waals surface area contributed by atoms with Crippen molar-refractivity contribution in [2.75, 3.05) is 20.1 Å². The Morgan fingerprint density at radius 3 is 2.55 bits per heavy atom. The van der Waals surface area contributed by atoms with Gasteiger partial charge in [-0.1, -0.05) is 31.2 Å². The number of benzene rings is 1. The predicted molar refractivity (Wildman–Crippen MR) is 104 cm³/mol. The van der Waals surface area contributed by atoms with Gasteiger partial charge in [0, 0.05) is 32.1 Å². The Morgan fingerprint density at radius 2 is 1.91 bits per heavy atom. The van der Waals surface area contributed by atoms with Crippen LogP contribution in [0.15, 0.2) is 29.3 Å². The molecular formula is C18H28IN3. The molecule has 1 saturated carbocycles. The van der Waals surface area contributed by atoms with Gasteiger partial charge >= 0.3 is 0 Å². The zero-order chi connectivity index (χ0) is 14.8. The molecule has 0 aromatic heterocycles. The summed E-state index contributed by atoms with van der Waals surface area (Å²) in [6.45, 7) is 6.85. The van der Waals surface area contributed by atoms with Gasteiger partial charge in [-0.25, -0.2) is 0 Å². The van der Waals surface area contributed by atoms with Crippen molar-refractivity contribution in [2.45, 2.75) is 45.1 Å². The van der Waals surface area contributed by atoms with Crippen LogP contribution in [-0.2, 0) is 0 Å². The van der Waals surface area contributed by atoms with Gasteiger partial charge in [-0.3, -0.25) is 4.99 Å². The van der Waals surface area contributed by atoms with E-state index < -0.39 is 0 Å². The van der Waals surface area contributed by atoms with Crippen LogP contribution >= 0.6 is 24.0 Å². The molecule has 1 aromatic carbocycles. The predicted octanol–water partition coefficient (Wildman–Crippen LogP) is 3.78. The fraction of sp³-hybridized carbons (Fsp3) is 0.611. The molecule has 0 spiro atoms. The smallest absolute Gasteiger partial charge is 0.193 e. The molecule has 2 fully saturated rings. The van der Waals surface area contributed by atoms with Crippen molar-refractivity contribution < 1.29 is 0 Å². The average molecular weight is 413 g/mol. The molecule has 1 aliphatic heterocycles. The summed E-state index contributed by atoms with van der Waals surface area (Å²) in [5.74, 6) is 2.62. The van der Waals surface area contributed by atoms with Crippen LogP contribution in [0.2, 0.25) is 0 Å². The summed E-state index contributed by atoms with van der Waals surface area (Å²) in [6, 6.07) is 9.32. The van der Waals surface area contributed by atoms with E-state index in [0.29, 0.717) is 12.0 Å². The number of likely N-dealkylation sites (tertiary alicyclic amines) is 1. The number of guanidine groups is 1. The molecule has 0 radical (unpaired) electrons. The normalized spacial score (nSPS) is 25.6. The highest BCUT2D eigenvalue weighted by molar-refractivity contribution is 14.0. The molecule has 122 valence electrons. The summed E-state index contributed by atoms with van der Waals surface area (Å²) in [5, 5.41) is 3.68. The molecule has 3 nitrogen and oxygen atoms in total. The highest BCUT2D eigenvalue weighted by Gasteiger charge is 2.40. The fourth-order valence-corrected chi connectivity index (χ4v) is 3.38. The molecule has 4 heteroatoms. The summed E-state index contributed by atoms with van der Waals surface area (Å²) < 4.78 is 0. The third kappa shape index (κ3) is 3.94. The van der Waals surface area contributed by atoms with Crippen molar-refractivity contribution >= 4 is 29.9 Å².